The van der Waals surface area contributed by atoms with E-state index in [-0.39, 0.29) is 10.6 Å². The lowest BCUT2D eigenvalue weighted by molar-refractivity contribution is -0.0500. The van der Waals surface area contributed by atoms with Crippen LogP contribution in [0.15, 0.2) is 48.5 Å². The number of carbonyl (C=O) groups is 1. The van der Waals surface area contributed by atoms with E-state index in [4.69, 9.17) is 11.6 Å². The van der Waals surface area contributed by atoms with Crippen molar-refractivity contribution in [1.29, 1.82) is 0 Å². The van der Waals surface area contributed by atoms with Gasteiger partial charge in [0.2, 0.25) is 0 Å². The Labute approximate surface area is 134 Å². The summed E-state index contributed by atoms with van der Waals surface area (Å²) in [5, 5.41) is 0.0426. The maximum atomic E-state index is 12.4. The summed E-state index contributed by atoms with van der Waals surface area (Å²) >= 11 is 5.73. The Bertz CT molecular complexity index is 833. The van der Waals surface area contributed by atoms with Gasteiger partial charge in [-0.15, -0.1) is 0 Å². The number of alkyl halides is 3. The number of carbonyl (C=O) groups excluding carboxylic acids is 1. The van der Waals surface area contributed by atoms with Crippen LogP contribution in [0.2, 0.25) is 5.02 Å². The van der Waals surface area contributed by atoms with Crippen molar-refractivity contribution in [1.82, 2.24) is 0 Å². The summed E-state index contributed by atoms with van der Waals surface area (Å²) < 4.78 is 63.6. The SMILES string of the molecule is O=C(c1ccccc1)c1cc(Cl)ccc1OS(=O)(=O)C(F)(F)F. The average Bonchev–Trinajstić information content (AvgIpc) is 2.48. The Balaban J connectivity index is 2.49. The van der Waals surface area contributed by atoms with Gasteiger partial charge in [0, 0.05) is 10.6 Å². The van der Waals surface area contributed by atoms with Gasteiger partial charge >= 0.3 is 15.6 Å². The monoisotopic (exact) mass is 364 g/mol. The minimum absolute atomic E-state index is 0.0426. The fourth-order valence-electron chi connectivity index (χ4n) is 1.66. The highest BCUT2D eigenvalue weighted by molar-refractivity contribution is 7.88. The zero-order chi connectivity index (χ0) is 17.3. The first kappa shape index (κ1) is 17.3. The van der Waals surface area contributed by atoms with E-state index in [0.29, 0.717) is 0 Å². The van der Waals surface area contributed by atoms with E-state index in [1.807, 2.05) is 0 Å². The average molecular weight is 365 g/mol. The fourth-order valence-corrected chi connectivity index (χ4v) is 2.31. The Hall–Kier alpha value is -2.06. The fraction of sp³-hybridized carbons (Fsp3) is 0.0714. The molecule has 2 aromatic rings. The van der Waals surface area contributed by atoms with Crippen LogP contribution < -0.4 is 4.18 Å². The van der Waals surface area contributed by atoms with Crippen LogP contribution in [0.5, 0.6) is 5.75 Å². The van der Waals surface area contributed by atoms with Crippen molar-refractivity contribution >= 4 is 27.5 Å². The van der Waals surface area contributed by atoms with Crippen molar-refractivity contribution in [3.05, 3.63) is 64.7 Å². The molecule has 0 N–H and O–H groups in total. The molecular weight excluding hydrogens is 357 g/mol. The van der Waals surface area contributed by atoms with Crippen LogP contribution in [0.4, 0.5) is 13.2 Å². The Morgan fingerprint density at radius 3 is 2.22 bits per heavy atom. The predicted molar refractivity (Wildman–Crippen MR) is 76.9 cm³/mol. The molecule has 122 valence electrons. The van der Waals surface area contributed by atoms with E-state index in [0.717, 1.165) is 18.2 Å². The molecule has 0 spiro atoms. The molecule has 2 rings (SSSR count). The molecule has 9 heteroatoms. The largest absolute Gasteiger partial charge is 0.534 e. The highest BCUT2D eigenvalue weighted by atomic mass is 35.5. The molecule has 2 aromatic carbocycles. The second-order valence-corrected chi connectivity index (χ2v) is 6.29. The number of benzene rings is 2. The quantitative estimate of drug-likeness (QED) is 0.470. The second kappa shape index (κ2) is 6.21. The van der Waals surface area contributed by atoms with Crippen LogP contribution in [-0.4, -0.2) is 19.7 Å². The van der Waals surface area contributed by atoms with Crippen molar-refractivity contribution in [2.24, 2.45) is 0 Å². The molecule has 4 nitrogen and oxygen atoms in total. The summed E-state index contributed by atoms with van der Waals surface area (Å²) in [6.07, 6.45) is 0. The van der Waals surface area contributed by atoms with E-state index in [1.54, 1.807) is 18.2 Å². The van der Waals surface area contributed by atoms with E-state index in [1.165, 1.54) is 12.1 Å². The molecule has 0 aliphatic carbocycles. The van der Waals surface area contributed by atoms with Gasteiger partial charge in [-0.3, -0.25) is 4.79 Å². The summed E-state index contributed by atoms with van der Waals surface area (Å²) in [7, 11) is -5.90. The lowest BCUT2D eigenvalue weighted by Gasteiger charge is -2.12. The first-order valence-electron chi connectivity index (χ1n) is 6.02. The number of ketones is 1. The molecule has 0 aliphatic rings. The van der Waals surface area contributed by atoms with E-state index in [9.17, 15) is 26.4 Å². The maximum Gasteiger partial charge on any atom is 0.534 e. The molecule has 0 atom stereocenters. The summed E-state index contributed by atoms with van der Waals surface area (Å²) in [6.45, 7) is 0. The summed E-state index contributed by atoms with van der Waals surface area (Å²) in [4.78, 5) is 12.3. The molecule has 0 aliphatic heterocycles. The van der Waals surface area contributed by atoms with Crippen molar-refractivity contribution in [2.75, 3.05) is 0 Å². The number of rotatable bonds is 4. The van der Waals surface area contributed by atoms with Gasteiger partial charge in [0.15, 0.2) is 11.5 Å². The third-order valence-corrected chi connectivity index (χ3v) is 3.91. The predicted octanol–water partition coefficient (Wildman–Crippen LogP) is 3.80. The van der Waals surface area contributed by atoms with Gasteiger partial charge in [0.05, 0.1) is 5.56 Å². The standard InChI is InChI=1S/C14H8ClF3O4S/c15-10-6-7-12(22-23(20,21)14(16,17)18)11(8-10)13(19)9-4-2-1-3-5-9/h1-8H. The van der Waals surface area contributed by atoms with Crippen molar-refractivity contribution in [3.63, 3.8) is 0 Å². The normalized spacial score (nSPS) is 12.0. The van der Waals surface area contributed by atoms with Crippen LogP contribution in [0.3, 0.4) is 0 Å². The zero-order valence-corrected chi connectivity index (χ0v) is 12.7. The van der Waals surface area contributed by atoms with Crippen molar-refractivity contribution < 1.29 is 30.6 Å². The van der Waals surface area contributed by atoms with Gasteiger partial charge < -0.3 is 4.18 Å². The molecule has 0 aromatic heterocycles. The molecule has 0 amide bonds. The molecule has 0 heterocycles. The van der Waals surface area contributed by atoms with Gasteiger partial charge in [0.1, 0.15) is 0 Å². The first-order chi connectivity index (χ1) is 10.6. The Morgan fingerprint density at radius 1 is 1.04 bits per heavy atom. The molecule has 0 unspecified atom stereocenters. The molecular formula is C14H8ClF3O4S. The lowest BCUT2D eigenvalue weighted by Crippen LogP contribution is -2.28. The molecule has 0 saturated heterocycles. The number of halogens is 4. The minimum atomic E-state index is -5.90. The zero-order valence-electron chi connectivity index (χ0n) is 11.2. The van der Waals surface area contributed by atoms with Gasteiger partial charge in [-0.05, 0) is 18.2 Å². The highest BCUT2D eigenvalue weighted by Gasteiger charge is 2.49. The van der Waals surface area contributed by atoms with Crippen LogP contribution in [0, 0.1) is 0 Å². The third kappa shape index (κ3) is 3.83. The van der Waals surface area contributed by atoms with Crippen LogP contribution in [-0.2, 0) is 10.1 Å². The van der Waals surface area contributed by atoms with Gasteiger partial charge in [-0.2, -0.15) is 21.6 Å². The van der Waals surface area contributed by atoms with E-state index in [2.05, 4.69) is 4.18 Å². The van der Waals surface area contributed by atoms with Gasteiger partial charge in [0.25, 0.3) is 0 Å². The molecule has 0 bridgehead atoms. The molecule has 0 saturated carbocycles. The maximum absolute atomic E-state index is 12.4. The smallest absolute Gasteiger partial charge is 0.375 e. The second-order valence-electron chi connectivity index (χ2n) is 4.32. The minimum Gasteiger partial charge on any atom is -0.375 e. The topological polar surface area (TPSA) is 60.4 Å². The van der Waals surface area contributed by atoms with Gasteiger partial charge in [-0.1, -0.05) is 41.9 Å². The Kier molecular flexibility index (Phi) is 4.67. The highest BCUT2D eigenvalue weighted by Crippen LogP contribution is 2.31. The van der Waals surface area contributed by atoms with Gasteiger partial charge in [-0.25, -0.2) is 0 Å². The van der Waals surface area contributed by atoms with Crippen molar-refractivity contribution in [2.45, 2.75) is 5.51 Å². The number of hydrogen-bond donors (Lipinski definition) is 0. The van der Waals surface area contributed by atoms with Crippen LogP contribution in [0.1, 0.15) is 15.9 Å². The molecule has 0 radical (unpaired) electrons. The van der Waals surface area contributed by atoms with Crippen LogP contribution >= 0.6 is 11.6 Å². The molecule has 23 heavy (non-hydrogen) atoms. The summed E-state index contributed by atoms with van der Waals surface area (Å²) in [5.41, 5.74) is -5.86. The van der Waals surface area contributed by atoms with E-state index < -0.39 is 32.7 Å². The summed E-state index contributed by atoms with van der Waals surface area (Å²) in [6, 6.07) is 10.6. The Morgan fingerprint density at radius 2 is 1.65 bits per heavy atom. The first-order valence-corrected chi connectivity index (χ1v) is 7.80. The third-order valence-electron chi connectivity index (χ3n) is 2.71. The number of hydrogen-bond acceptors (Lipinski definition) is 4. The lowest BCUT2D eigenvalue weighted by atomic mass is 10.0. The molecule has 0 fully saturated rings. The summed E-state index contributed by atoms with van der Waals surface area (Å²) in [5.74, 6) is -1.47. The van der Waals surface area contributed by atoms with Crippen molar-refractivity contribution in [3.8, 4) is 5.75 Å². The van der Waals surface area contributed by atoms with E-state index >= 15 is 0 Å². The van der Waals surface area contributed by atoms with Crippen LogP contribution in [0.25, 0.3) is 0 Å².